The predicted molar refractivity (Wildman–Crippen MR) is 53.2 cm³/mol. The molecule has 92 valence electrons. The van der Waals surface area contributed by atoms with Gasteiger partial charge in [0, 0.05) is 11.0 Å². The smallest absolute Gasteiger partial charge is 0.418 e. The standard InChI is InChI=1S/C11H15F3O2/c1-6-7(9(15)11(12,13)14)5-8(16-6)10(2,3)4/h5,9,15H,1-4H3. The third kappa shape index (κ3) is 2.58. The molecule has 0 aromatic carbocycles. The number of rotatable bonds is 1. The molecule has 0 aliphatic rings. The van der Waals surface area contributed by atoms with Crippen LogP contribution in [0.3, 0.4) is 0 Å². The largest absolute Gasteiger partial charge is 0.465 e. The Morgan fingerprint density at radius 1 is 1.25 bits per heavy atom. The van der Waals surface area contributed by atoms with Crippen LogP contribution in [0.5, 0.6) is 0 Å². The Morgan fingerprint density at radius 3 is 2.06 bits per heavy atom. The van der Waals surface area contributed by atoms with Crippen LogP contribution < -0.4 is 0 Å². The van der Waals surface area contributed by atoms with Gasteiger partial charge in [0.25, 0.3) is 0 Å². The SMILES string of the molecule is Cc1oc(C(C)(C)C)cc1C(O)C(F)(F)F. The Balaban J connectivity index is 3.13. The van der Waals surface area contributed by atoms with Gasteiger partial charge in [-0.25, -0.2) is 0 Å². The van der Waals surface area contributed by atoms with E-state index in [9.17, 15) is 13.2 Å². The van der Waals surface area contributed by atoms with Crippen molar-refractivity contribution in [2.24, 2.45) is 0 Å². The predicted octanol–water partition coefficient (Wildman–Crippen LogP) is 3.48. The van der Waals surface area contributed by atoms with Gasteiger partial charge in [-0.1, -0.05) is 20.8 Å². The zero-order chi connectivity index (χ0) is 12.7. The number of aliphatic hydroxyl groups is 1. The molecule has 1 aromatic rings. The molecule has 1 heterocycles. The summed E-state index contributed by atoms with van der Waals surface area (Å²) in [5, 5.41) is 9.13. The highest BCUT2D eigenvalue weighted by Crippen LogP contribution is 2.37. The first-order valence-electron chi connectivity index (χ1n) is 4.89. The van der Waals surface area contributed by atoms with E-state index in [-0.39, 0.29) is 16.7 Å². The van der Waals surface area contributed by atoms with Crippen LogP contribution >= 0.6 is 0 Å². The number of aliphatic hydroxyl groups excluding tert-OH is 1. The van der Waals surface area contributed by atoms with Gasteiger partial charge in [-0.2, -0.15) is 13.2 Å². The molecule has 1 rings (SSSR count). The number of hydrogen-bond acceptors (Lipinski definition) is 2. The molecule has 1 unspecified atom stereocenters. The molecule has 0 spiro atoms. The van der Waals surface area contributed by atoms with Gasteiger partial charge in [-0.05, 0) is 13.0 Å². The Kier molecular flexibility index (Phi) is 3.11. The summed E-state index contributed by atoms with van der Waals surface area (Å²) in [6.45, 7) is 6.90. The highest BCUT2D eigenvalue weighted by atomic mass is 19.4. The van der Waals surface area contributed by atoms with Crippen LogP contribution in [0.15, 0.2) is 10.5 Å². The number of aryl methyl sites for hydroxylation is 1. The van der Waals surface area contributed by atoms with Gasteiger partial charge in [0.15, 0.2) is 6.10 Å². The van der Waals surface area contributed by atoms with E-state index < -0.39 is 12.3 Å². The molecule has 0 aliphatic carbocycles. The number of alkyl halides is 3. The molecular weight excluding hydrogens is 221 g/mol. The molecule has 1 N–H and O–H groups in total. The Morgan fingerprint density at radius 2 is 1.75 bits per heavy atom. The van der Waals surface area contributed by atoms with Crippen molar-refractivity contribution in [3.63, 3.8) is 0 Å². The first kappa shape index (κ1) is 13.1. The van der Waals surface area contributed by atoms with Crippen LogP contribution in [0.25, 0.3) is 0 Å². The zero-order valence-corrected chi connectivity index (χ0v) is 9.64. The van der Waals surface area contributed by atoms with Gasteiger partial charge in [0.05, 0.1) is 0 Å². The molecule has 0 aliphatic heterocycles. The van der Waals surface area contributed by atoms with Crippen molar-refractivity contribution in [1.82, 2.24) is 0 Å². The van der Waals surface area contributed by atoms with Gasteiger partial charge in [0.2, 0.25) is 0 Å². The van der Waals surface area contributed by atoms with E-state index in [0.717, 1.165) is 0 Å². The minimum absolute atomic E-state index is 0.106. The molecule has 0 radical (unpaired) electrons. The van der Waals surface area contributed by atoms with E-state index >= 15 is 0 Å². The van der Waals surface area contributed by atoms with Crippen molar-refractivity contribution < 1.29 is 22.7 Å². The lowest BCUT2D eigenvalue weighted by atomic mass is 9.92. The third-order valence-electron chi connectivity index (χ3n) is 2.30. The van der Waals surface area contributed by atoms with E-state index in [0.29, 0.717) is 5.76 Å². The van der Waals surface area contributed by atoms with Crippen LogP contribution in [-0.4, -0.2) is 11.3 Å². The van der Waals surface area contributed by atoms with E-state index in [1.807, 2.05) is 20.8 Å². The summed E-state index contributed by atoms with van der Waals surface area (Å²) in [5.41, 5.74) is -0.591. The van der Waals surface area contributed by atoms with Crippen molar-refractivity contribution in [3.05, 3.63) is 23.2 Å². The maximum Gasteiger partial charge on any atom is 0.418 e. The van der Waals surface area contributed by atoms with Crippen molar-refractivity contribution >= 4 is 0 Å². The summed E-state index contributed by atoms with van der Waals surface area (Å²) in [4.78, 5) is 0. The van der Waals surface area contributed by atoms with Crippen LogP contribution in [0.4, 0.5) is 13.2 Å². The van der Waals surface area contributed by atoms with E-state index in [4.69, 9.17) is 9.52 Å². The van der Waals surface area contributed by atoms with Crippen molar-refractivity contribution in [1.29, 1.82) is 0 Å². The van der Waals surface area contributed by atoms with Gasteiger partial charge in [0.1, 0.15) is 11.5 Å². The summed E-state index contributed by atoms with van der Waals surface area (Å²) in [6.07, 6.45) is -7.14. The summed E-state index contributed by atoms with van der Waals surface area (Å²) in [5.74, 6) is 0.540. The van der Waals surface area contributed by atoms with E-state index in [1.54, 1.807) is 0 Å². The molecule has 16 heavy (non-hydrogen) atoms. The fourth-order valence-electron chi connectivity index (χ4n) is 1.31. The normalized spacial score (nSPS) is 15.2. The average Bonchev–Trinajstić information content (AvgIpc) is 2.43. The Labute approximate surface area is 92.1 Å². The Hall–Kier alpha value is -0.970. The first-order chi connectivity index (χ1) is 7.03. The highest BCUT2D eigenvalue weighted by molar-refractivity contribution is 5.27. The monoisotopic (exact) mass is 236 g/mol. The summed E-state index contributed by atoms with van der Waals surface area (Å²) in [7, 11) is 0. The molecule has 1 atom stereocenters. The highest BCUT2D eigenvalue weighted by Gasteiger charge is 2.41. The third-order valence-corrected chi connectivity index (χ3v) is 2.30. The van der Waals surface area contributed by atoms with Gasteiger partial charge in [-0.3, -0.25) is 0 Å². The molecule has 0 amide bonds. The summed E-state index contributed by atoms with van der Waals surface area (Å²) >= 11 is 0. The molecule has 0 saturated heterocycles. The second-order valence-electron chi connectivity index (χ2n) is 4.82. The average molecular weight is 236 g/mol. The molecule has 5 heteroatoms. The van der Waals surface area contributed by atoms with Gasteiger partial charge < -0.3 is 9.52 Å². The lowest BCUT2D eigenvalue weighted by molar-refractivity contribution is -0.207. The quantitative estimate of drug-likeness (QED) is 0.809. The number of hydrogen-bond donors (Lipinski definition) is 1. The fourth-order valence-corrected chi connectivity index (χ4v) is 1.31. The van der Waals surface area contributed by atoms with Gasteiger partial charge in [-0.15, -0.1) is 0 Å². The van der Waals surface area contributed by atoms with Crippen molar-refractivity contribution in [2.75, 3.05) is 0 Å². The second kappa shape index (κ2) is 3.80. The van der Waals surface area contributed by atoms with Crippen LogP contribution in [0.1, 0.15) is 44.0 Å². The summed E-state index contributed by atoms with van der Waals surface area (Å²) in [6, 6.07) is 1.27. The summed E-state index contributed by atoms with van der Waals surface area (Å²) < 4.78 is 42.2. The van der Waals surface area contributed by atoms with Crippen LogP contribution in [0.2, 0.25) is 0 Å². The maximum atomic E-state index is 12.3. The molecular formula is C11H15F3O2. The van der Waals surface area contributed by atoms with Crippen LogP contribution in [-0.2, 0) is 5.41 Å². The zero-order valence-electron chi connectivity index (χ0n) is 9.64. The molecule has 2 nitrogen and oxygen atoms in total. The second-order valence-corrected chi connectivity index (χ2v) is 4.82. The van der Waals surface area contributed by atoms with Crippen molar-refractivity contribution in [2.45, 2.75) is 45.4 Å². The number of furan rings is 1. The molecule has 0 bridgehead atoms. The first-order valence-corrected chi connectivity index (χ1v) is 4.89. The van der Waals surface area contributed by atoms with E-state index in [2.05, 4.69) is 0 Å². The maximum absolute atomic E-state index is 12.3. The lowest BCUT2D eigenvalue weighted by Crippen LogP contribution is -2.20. The molecule has 0 saturated carbocycles. The lowest BCUT2D eigenvalue weighted by Gasteiger charge is -2.14. The van der Waals surface area contributed by atoms with Crippen molar-refractivity contribution in [3.8, 4) is 0 Å². The molecule has 0 fully saturated rings. The Bertz CT molecular complexity index is 372. The van der Waals surface area contributed by atoms with E-state index in [1.165, 1.54) is 13.0 Å². The number of halogens is 3. The minimum atomic E-state index is -4.66. The van der Waals surface area contributed by atoms with Crippen LogP contribution in [0, 0.1) is 6.92 Å². The minimum Gasteiger partial charge on any atom is -0.465 e. The fraction of sp³-hybridized carbons (Fsp3) is 0.636. The topological polar surface area (TPSA) is 33.4 Å². The molecule has 1 aromatic heterocycles. The van der Waals surface area contributed by atoms with Gasteiger partial charge >= 0.3 is 6.18 Å².